The molecule has 1 aromatic rings. The minimum Gasteiger partial charge on any atom is -0.394 e. The van der Waals surface area contributed by atoms with Gasteiger partial charge < -0.3 is 20.6 Å². The van der Waals surface area contributed by atoms with Crippen LogP contribution in [0.1, 0.15) is 57.4 Å². The number of carbonyl (C=O) groups is 3. The van der Waals surface area contributed by atoms with Gasteiger partial charge in [0.15, 0.2) is 0 Å². The first kappa shape index (κ1) is 24.6. The molecule has 1 spiro atoms. The number of benzene rings is 1. The largest absolute Gasteiger partial charge is 0.394 e. The van der Waals surface area contributed by atoms with E-state index >= 15 is 0 Å². The first-order valence-corrected chi connectivity index (χ1v) is 13.9. The zero-order valence-electron chi connectivity index (χ0n) is 20.7. The Morgan fingerprint density at radius 3 is 2.51 bits per heavy atom. The number of amides is 3. The maximum absolute atomic E-state index is 14.2. The lowest BCUT2D eigenvalue weighted by atomic mass is 9.66. The summed E-state index contributed by atoms with van der Waals surface area (Å²) in [4.78, 5) is 43.0. The van der Waals surface area contributed by atoms with E-state index in [1.165, 1.54) is 6.42 Å². The Bertz CT molecular complexity index is 984. The van der Waals surface area contributed by atoms with E-state index < -0.39 is 28.7 Å². The second kappa shape index (κ2) is 9.43. The maximum Gasteiger partial charge on any atom is 0.244 e. The van der Waals surface area contributed by atoms with Crippen LogP contribution in [0.2, 0.25) is 0 Å². The molecule has 4 aliphatic rings. The van der Waals surface area contributed by atoms with E-state index in [1.54, 1.807) is 23.7 Å². The third-order valence-electron chi connectivity index (χ3n) is 8.86. The smallest absolute Gasteiger partial charge is 0.244 e. The molecule has 3 N–H and O–H groups in total. The van der Waals surface area contributed by atoms with Crippen molar-refractivity contribution in [1.29, 1.82) is 0 Å². The van der Waals surface area contributed by atoms with E-state index in [0.717, 1.165) is 44.1 Å². The zero-order chi connectivity index (χ0) is 24.8. The van der Waals surface area contributed by atoms with Crippen LogP contribution in [0.4, 0.5) is 0 Å². The van der Waals surface area contributed by atoms with Gasteiger partial charge in [-0.15, -0.1) is 11.8 Å². The van der Waals surface area contributed by atoms with Crippen LogP contribution in [-0.2, 0) is 20.8 Å². The van der Waals surface area contributed by atoms with Crippen molar-refractivity contribution in [3.05, 3.63) is 35.9 Å². The molecule has 5 rings (SSSR count). The van der Waals surface area contributed by atoms with Crippen molar-refractivity contribution >= 4 is 29.5 Å². The number of rotatable bonds is 7. The summed E-state index contributed by atoms with van der Waals surface area (Å²) in [6.45, 7) is 1.84. The monoisotopic (exact) mass is 499 g/mol. The van der Waals surface area contributed by atoms with E-state index in [0.29, 0.717) is 6.42 Å². The molecule has 1 aromatic carbocycles. The number of hydrogen-bond acceptors (Lipinski definition) is 5. The second-order valence-electron chi connectivity index (χ2n) is 11.0. The Morgan fingerprint density at radius 1 is 1.14 bits per heavy atom. The van der Waals surface area contributed by atoms with E-state index in [4.69, 9.17) is 0 Å². The molecule has 3 saturated heterocycles. The highest BCUT2D eigenvalue weighted by atomic mass is 32.2. The van der Waals surface area contributed by atoms with E-state index in [-0.39, 0.29) is 35.1 Å². The highest BCUT2D eigenvalue weighted by Crippen LogP contribution is 2.71. The first-order chi connectivity index (χ1) is 16.8. The molecule has 0 radical (unpaired) electrons. The van der Waals surface area contributed by atoms with Crippen molar-refractivity contribution in [2.75, 3.05) is 13.7 Å². The zero-order valence-corrected chi connectivity index (χ0v) is 21.5. The van der Waals surface area contributed by atoms with Gasteiger partial charge in [0.05, 0.1) is 29.2 Å². The van der Waals surface area contributed by atoms with Crippen molar-refractivity contribution in [3.63, 3.8) is 0 Å². The molecular weight excluding hydrogens is 462 g/mol. The summed E-state index contributed by atoms with van der Waals surface area (Å²) in [5.41, 5.74) is 1.01. The molecule has 7 nitrogen and oxygen atoms in total. The van der Waals surface area contributed by atoms with Crippen LogP contribution in [0.15, 0.2) is 30.3 Å². The number of carbonyl (C=O) groups excluding carboxylic acids is 3. The van der Waals surface area contributed by atoms with Crippen LogP contribution in [0.3, 0.4) is 0 Å². The predicted molar refractivity (Wildman–Crippen MR) is 136 cm³/mol. The Morgan fingerprint density at radius 2 is 1.86 bits per heavy atom. The summed E-state index contributed by atoms with van der Waals surface area (Å²) in [6, 6.07) is 8.69. The van der Waals surface area contributed by atoms with Gasteiger partial charge in [-0.2, -0.15) is 0 Å². The fourth-order valence-corrected chi connectivity index (χ4v) is 9.62. The van der Waals surface area contributed by atoms with Crippen molar-refractivity contribution in [1.82, 2.24) is 15.5 Å². The molecule has 1 saturated carbocycles. The number of likely N-dealkylation sites (tertiary alicyclic amines) is 1. The van der Waals surface area contributed by atoms with E-state index in [9.17, 15) is 19.5 Å². The molecule has 3 aliphatic heterocycles. The lowest BCUT2D eigenvalue weighted by molar-refractivity contribution is -0.143. The fourth-order valence-electron chi connectivity index (χ4n) is 7.28. The number of nitrogens with one attached hydrogen (secondary N) is 2. The first-order valence-electron chi connectivity index (χ1n) is 13.0. The second-order valence-corrected chi connectivity index (χ2v) is 12.9. The average Bonchev–Trinajstić information content (AvgIpc) is 3.44. The maximum atomic E-state index is 14.2. The molecule has 2 unspecified atom stereocenters. The number of aliphatic hydroxyl groups excluding tert-OH is 1. The molecule has 190 valence electrons. The van der Waals surface area contributed by atoms with Gasteiger partial charge in [-0.25, -0.2) is 0 Å². The summed E-state index contributed by atoms with van der Waals surface area (Å²) >= 11 is 1.68. The van der Waals surface area contributed by atoms with Gasteiger partial charge in [0.1, 0.15) is 6.04 Å². The number of nitrogens with zero attached hydrogens (tertiary/aromatic N) is 1. The highest BCUT2D eigenvalue weighted by molar-refractivity contribution is 8.02. The lowest BCUT2D eigenvalue weighted by Gasteiger charge is -2.38. The van der Waals surface area contributed by atoms with Gasteiger partial charge in [-0.1, -0.05) is 49.6 Å². The Balaban J connectivity index is 1.53. The number of aliphatic hydroxyl groups is 1. The molecular formula is C27H37N3O4S. The number of thioether (sulfide) groups is 1. The number of hydrogen-bond donors (Lipinski definition) is 3. The van der Waals surface area contributed by atoms with Crippen molar-refractivity contribution in [2.24, 2.45) is 11.8 Å². The molecule has 3 heterocycles. The van der Waals surface area contributed by atoms with E-state index in [2.05, 4.69) is 17.6 Å². The fraction of sp³-hybridized carbons (Fsp3) is 0.667. The summed E-state index contributed by atoms with van der Waals surface area (Å²) in [5, 5.41) is 16.5. The third-order valence-corrected chi connectivity index (χ3v) is 10.8. The molecule has 1 aliphatic carbocycles. The molecule has 3 amide bonds. The minimum absolute atomic E-state index is 0.117. The molecule has 4 fully saturated rings. The average molecular weight is 500 g/mol. The van der Waals surface area contributed by atoms with Gasteiger partial charge in [-0.05, 0) is 44.6 Å². The van der Waals surface area contributed by atoms with Crippen LogP contribution in [0.25, 0.3) is 0 Å². The van der Waals surface area contributed by atoms with Crippen LogP contribution in [0, 0.1) is 11.8 Å². The Kier molecular flexibility index (Phi) is 6.64. The van der Waals surface area contributed by atoms with Crippen molar-refractivity contribution < 1.29 is 19.5 Å². The van der Waals surface area contributed by atoms with E-state index in [1.807, 2.05) is 30.3 Å². The quantitative estimate of drug-likeness (QED) is 0.535. The topological polar surface area (TPSA) is 98.7 Å². The van der Waals surface area contributed by atoms with Crippen LogP contribution in [0.5, 0.6) is 0 Å². The SMILES string of the molecule is CNC(=O)[C@@H]1[C@H]2C(=O)N([C@@H](CO)Cc3ccccc3)C(C(=O)NC3CCCCC3)C23CC[C@@]1(C)S3. The molecule has 8 heteroatoms. The Labute approximate surface area is 211 Å². The van der Waals surface area contributed by atoms with Gasteiger partial charge >= 0.3 is 0 Å². The van der Waals surface area contributed by atoms with Crippen LogP contribution in [-0.4, -0.2) is 69.0 Å². The normalized spacial score (nSPS) is 35.1. The van der Waals surface area contributed by atoms with Gasteiger partial charge in [0.25, 0.3) is 0 Å². The summed E-state index contributed by atoms with van der Waals surface area (Å²) < 4.78 is -1.02. The number of fused-ring (bicyclic) bond motifs is 1. The van der Waals surface area contributed by atoms with Gasteiger partial charge in [0.2, 0.25) is 17.7 Å². The van der Waals surface area contributed by atoms with Crippen LogP contribution >= 0.6 is 11.8 Å². The van der Waals surface area contributed by atoms with Crippen molar-refractivity contribution in [2.45, 2.75) is 85.9 Å². The highest BCUT2D eigenvalue weighted by Gasteiger charge is 2.77. The van der Waals surface area contributed by atoms with Gasteiger partial charge in [-0.3, -0.25) is 14.4 Å². The molecule has 0 aromatic heterocycles. The summed E-state index contributed by atoms with van der Waals surface area (Å²) in [6.07, 6.45) is 7.30. The molecule has 35 heavy (non-hydrogen) atoms. The molecule has 2 bridgehead atoms. The van der Waals surface area contributed by atoms with Gasteiger partial charge in [0, 0.05) is 17.8 Å². The predicted octanol–water partition coefficient (Wildman–Crippen LogP) is 2.27. The summed E-state index contributed by atoms with van der Waals surface area (Å²) in [7, 11) is 1.62. The minimum atomic E-state index is -0.690. The molecule has 6 atom stereocenters. The summed E-state index contributed by atoms with van der Waals surface area (Å²) in [5.74, 6) is -1.44. The third kappa shape index (κ3) is 3.97. The lowest BCUT2D eigenvalue weighted by Crippen LogP contribution is -2.58. The standard InChI is InChI=1S/C27H37N3O4S/c1-26-13-14-27(35-26)21(20(26)23(32)28-2)25(34)30(19(16-31)15-17-9-5-3-6-10-17)22(27)24(33)29-18-11-7-4-8-12-18/h3,5-6,9-10,18-22,31H,4,7-8,11-16H2,1-2H3,(H,28,32)(H,29,33)/t19-,20+,21+,22?,26-,27?/m1/s1. The Hall–Kier alpha value is -2.06. The van der Waals surface area contributed by atoms with Crippen LogP contribution < -0.4 is 10.6 Å². The van der Waals surface area contributed by atoms with Crippen molar-refractivity contribution in [3.8, 4) is 0 Å².